The second-order valence-electron chi connectivity index (χ2n) is 4.39. The van der Waals surface area contributed by atoms with E-state index < -0.39 is 18.0 Å². The number of ether oxygens (including phenoxy) is 1. The van der Waals surface area contributed by atoms with Gasteiger partial charge in [-0.3, -0.25) is 0 Å². The second-order valence-corrected chi connectivity index (χ2v) is 4.39. The Morgan fingerprint density at radius 1 is 1.61 bits per heavy atom. The molecule has 0 aliphatic carbocycles. The number of hydrogen-bond acceptors (Lipinski definition) is 3. The Balaban J connectivity index is 2.62. The fourth-order valence-electron chi connectivity index (χ4n) is 1.74. The summed E-state index contributed by atoms with van der Waals surface area (Å²) in [6.07, 6.45) is 4.99. The average Bonchev–Trinajstić information content (AvgIpc) is 2.31. The highest BCUT2D eigenvalue weighted by molar-refractivity contribution is 5.83. The van der Waals surface area contributed by atoms with Crippen LogP contribution in [-0.4, -0.2) is 53.3 Å². The Morgan fingerprint density at radius 3 is 2.83 bits per heavy atom. The van der Waals surface area contributed by atoms with E-state index in [1.807, 2.05) is 13.8 Å². The maximum Gasteiger partial charge on any atom is 0.327 e. The number of aliphatic carboxylic acids is 1. The van der Waals surface area contributed by atoms with E-state index in [1.165, 1.54) is 0 Å². The molecule has 3 unspecified atom stereocenters. The third kappa shape index (κ3) is 3.64. The SMILES string of the molecule is C#CCC(NC(=O)N1CC(C)OCC1C)C(=O)O. The number of hydrogen-bond donors (Lipinski definition) is 2. The minimum atomic E-state index is -1.13. The first kappa shape index (κ1) is 14.3. The zero-order chi connectivity index (χ0) is 13.7. The van der Waals surface area contributed by atoms with Crippen LogP contribution in [0.5, 0.6) is 0 Å². The van der Waals surface area contributed by atoms with Crippen molar-refractivity contribution in [3.05, 3.63) is 0 Å². The van der Waals surface area contributed by atoms with Gasteiger partial charge in [0, 0.05) is 13.0 Å². The van der Waals surface area contributed by atoms with Crippen LogP contribution in [0.3, 0.4) is 0 Å². The van der Waals surface area contributed by atoms with Crippen molar-refractivity contribution in [3.8, 4) is 12.3 Å². The first-order valence-electron chi connectivity index (χ1n) is 5.80. The largest absolute Gasteiger partial charge is 0.480 e. The zero-order valence-electron chi connectivity index (χ0n) is 10.5. The van der Waals surface area contributed by atoms with Gasteiger partial charge in [-0.05, 0) is 13.8 Å². The van der Waals surface area contributed by atoms with Crippen LogP contribution in [0.2, 0.25) is 0 Å². The summed E-state index contributed by atoms with van der Waals surface area (Å²) in [5.74, 6) is 1.11. The van der Waals surface area contributed by atoms with Crippen LogP contribution in [-0.2, 0) is 9.53 Å². The van der Waals surface area contributed by atoms with Crippen LogP contribution in [0.4, 0.5) is 4.79 Å². The van der Waals surface area contributed by atoms with Crippen molar-refractivity contribution in [2.45, 2.75) is 38.5 Å². The van der Waals surface area contributed by atoms with Gasteiger partial charge in [-0.1, -0.05) is 0 Å². The number of carboxylic acid groups (broad SMARTS) is 1. The van der Waals surface area contributed by atoms with Crippen LogP contribution < -0.4 is 5.32 Å². The number of morpholine rings is 1. The van der Waals surface area contributed by atoms with Gasteiger partial charge in [0.15, 0.2) is 0 Å². The quantitative estimate of drug-likeness (QED) is 0.709. The fourth-order valence-corrected chi connectivity index (χ4v) is 1.74. The summed E-state index contributed by atoms with van der Waals surface area (Å²) in [6.45, 7) is 4.60. The fraction of sp³-hybridized carbons (Fsp3) is 0.667. The summed E-state index contributed by atoms with van der Waals surface area (Å²) < 4.78 is 5.40. The molecule has 0 aromatic rings. The highest BCUT2D eigenvalue weighted by Crippen LogP contribution is 2.11. The molecule has 1 saturated heterocycles. The number of nitrogens with one attached hydrogen (secondary N) is 1. The number of carboxylic acids is 1. The monoisotopic (exact) mass is 254 g/mol. The minimum Gasteiger partial charge on any atom is -0.480 e. The van der Waals surface area contributed by atoms with Gasteiger partial charge in [-0.25, -0.2) is 9.59 Å². The van der Waals surface area contributed by atoms with Crippen molar-refractivity contribution < 1.29 is 19.4 Å². The lowest BCUT2D eigenvalue weighted by atomic mass is 10.2. The third-order valence-corrected chi connectivity index (χ3v) is 2.79. The molecule has 0 aromatic heterocycles. The summed E-state index contributed by atoms with van der Waals surface area (Å²) in [5.41, 5.74) is 0. The van der Waals surface area contributed by atoms with Crippen molar-refractivity contribution in [1.82, 2.24) is 10.2 Å². The second kappa shape index (κ2) is 6.26. The standard InChI is InChI=1S/C12H18N2O4/c1-4-5-10(11(15)16)13-12(17)14-6-9(3)18-7-8(14)2/h1,8-10H,5-7H2,2-3H3,(H,13,17)(H,15,16). The molecule has 1 rings (SSSR count). The van der Waals surface area contributed by atoms with Crippen molar-refractivity contribution in [2.24, 2.45) is 0 Å². The Bertz CT molecular complexity index is 364. The Labute approximate surface area is 106 Å². The van der Waals surface area contributed by atoms with Crippen LogP contribution in [0.15, 0.2) is 0 Å². The lowest BCUT2D eigenvalue weighted by molar-refractivity contribution is -0.139. The van der Waals surface area contributed by atoms with Crippen molar-refractivity contribution in [3.63, 3.8) is 0 Å². The number of rotatable bonds is 3. The maximum absolute atomic E-state index is 12.0. The summed E-state index contributed by atoms with van der Waals surface area (Å²) in [4.78, 5) is 24.4. The van der Waals surface area contributed by atoms with E-state index >= 15 is 0 Å². The first-order chi connectivity index (χ1) is 8.45. The zero-order valence-corrected chi connectivity index (χ0v) is 10.5. The minimum absolute atomic E-state index is 0.0324. The highest BCUT2D eigenvalue weighted by Gasteiger charge is 2.29. The van der Waals surface area contributed by atoms with E-state index in [4.69, 9.17) is 16.3 Å². The lowest BCUT2D eigenvalue weighted by Gasteiger charge is -2.37. The summed E-state index contributed by atoms with van der Waals surface area (Å²) in [7, 11) is 0. The van der Waals surface area contributed by atoms with Gasteiger partial charge in [0.2, 0.25) is 0 Å². The molecule has 1 fully saturated rings. The Kier molecular flexibility index (Phi) is 4.98. The van der Waals surface area contributed by atoms with Gasteiger partial charge < -0.3 is 20.1 Å². The molecule has 0 spiro atoms. The van der Waals surface area contributed by atoms with Gasteiger partial charge in [0.1, 0.15) is 6.04 Å². The number of carbonyl (C=O) groups excluding carboxylic acids is 1. The Hall–Kier alpha value is -1.74. The van der Waals surface area contributed by atoms with Crippen LogP contribution >= 0.6 is 0 Å². The predicted octanol–water partition coefficient (Wildman–Crippen LogP) is 0.282. The molecule has 2 N–H and O–H groups in total. The van der Waals surface area contributed by atoms with E-state index in [0.29, 0.717) is 13.2 Å². The van der Waals surface area contributed by atoms with E-state index in [1.54, 1.807) is 4.90 Å². The van der Waals surface area contributed by atoms with Crippen molar-refractivity contribution in [2.75, 3.05) is 13.2 Å². The number of urea groups is 1. The van der Waals surface area contributed by atoms with Gasteiger partial charge in [0.25, 0.3) is 0 Å². The molecule has 2 amide bonds. The van der Waals surface area contributed by atoms with Crippen LogP contribution in [0.25, 0.3) is 0 Å². The molecule has 1 aliphatic rings. The van der Waals surface area contributed by atoms with Crippen molar-refractivity contribution >= 4 is 12.0 Å². The van der Waals surface area contributed by atoms with Crippen LogP contribution in [0.1, 0.15) is 20.3 Å². The van der Waals surface area contributed by atoms with Gasteiger partial charge in [-0.15, -0.1) is 12.3 Å². The summed E-state index contributed by atoms with van der Waals surface area (Å²) in [6, 6.07) is -1.55. The van der Waals surface area contributed by atoms with E-state index in [0.717, 1.165) is 0 Å². The molecule has 0 aromatic carbocycles. The average molecular weight is 254 g/mol. The highest BCUT2D eigenvalue weighted by atomic mass is 16.5. The number of amides is 2. The number of nitrogens with zero attached hydrogens (tertiary/aromatic N) is 1. The van der Waals surface area contributed by atoms with Gasteiger partial charge >= 0.3 is 12.0 Å². The molecule has 1 heterocycles. The predicted molar refractivity (Wildman–Crippen MR) is 65.0 cm³/mol. The number of carbonyl (C=O) groups is 2. The summed E-state index contributed by atoms with van der Waals surface area (Å²) in [5, 5.41) is 11.3. The molecular weight excluding hydrogens is 236 g/mol. The van der Waals surface area contributed by atoms with Crippen molar-refractivity contribution in [1.29, 1.82) is 0 Å². The molecule has 0 radical (unpaired) electrons. The number of terminal acetylenes is 1. The molecule has 6 heteroatoms. The van der Waals surface area contributed by atoms with Gasteiger partial charge in [0.05, 0.1) is 18.8 Å². The summed E-state index contributed by atoms with van der Waals surface area (Å²) >= 11 is 0. The topological polar surface area (TPSA) is 78.9 Å². The smallest absolute Gasteiger partial charge is 0.327 e. The third-order valence-electron chi connectivity index (χ3n) is 2.79. The molecule has 1 aliphatic heterocycles. The molecule has 18 heavy (non-hydrogen) atoms. The molecule has 6 nitrogen and oxygen atoms in total. The Morgan fingerprint density at radius 2 is 2.28 bits per heavy atom. The van der Waals surface area contributed by atoms with E-state index in [9.17, 15) is 9.59 Å². The lowest BCUT2D eigenvalue weighted by Crippen LogP contribution is -2.56. The normalized spacial score (nSPS) is 25.1. The van der Waals surface area contributed by atoms with E-state index in [2.05, 4.69) is 11.2 Å². The molecular formula is C12H18N2O4. The van der Waals surface area contributed by atoms with Gasteiger partial charge in [-0.2, -0.15) is 0 Å². The molecule has 0 bridgehead atoms. The first-order valence-corrected chi connectivity index (χ1v) is 5.80. The maximum atomic E-state index is 12.0. The molecule has 100 valence electrons. The van der Waals surface area contributed by atoms with Crippen LogP contribution in [0, 0.1) is 12.3 Å². The van der Waals surface area contributed by atoms with E-state index in [-0.39, 0.29) is 18.6 Å². The molecule has 0 saturated carbocycles. The molecule has 3 atom stereocenters.